The van der Waals surface area contributed by atoms with Gasteiger partial charge in [0, 0.05) is 21.1 Å². The van der Waals surface area contributed by atoms with E-state index in [1.807, 2.05) is 0 Å². The lowest BCUT2D eigenvalue weighted by atomic mass is 9.86. The third-order valence-corrected chi connectivity index (χ3v) is 5.04. The molecule has 0 aromatic carbocycles. The first-order valence-electron chi connectivity index (χ1n) is 8.21. The molecule has 1 atom stereocenters. The molecule has 7 heteroatoms. The number of aromatic nitrogens is 4. The fourth-order valence-electron chi connectivity index (χ4n) is 3.47. The summed E-state index contributed by atoms with van der Waals surface area (Å²) in [5.74, 6) is 0.523. The van der Waals surface area contributed by atoms with E-state index in [0.29, 0.717) is 23.1 Å². The Labute approximate surface area is 134 Å². The third kappa shape index (κ3) is 2.58. The van der Waals surface area contributed by atoms with Gasteiger partial charge in [-0.15, -0.1) is 0 Å². The van der Waals surface area contributed by atoms with Gasteiger partial charge in [-0.25, -0.2) is 4.79 Å². The molecule has 0 bridgehead atoms. The highest BCUT2D eigenvalue weighted by atomic mass is 16.5. The van der Waals surface area contributed by atoms with E-state index in [4.69, 9.17) is 4.74 Å². The average Bonchev–Trinajstić information content (AvgIpc) is 2.88. The van der Waals surface area contributed by atoms with Gasteiger partial charge in [-0.1, -0.05) is 19.3 Å². The minimum absolute atomic E-state index is 0.0479. The molecule has 0 N–H and O–H groups in total. The number of hydrogen-bond donors (Lipinski definition) is 0. The molecule has 1 fully saturated rings. The van der Waals surface area contributed by atoms with Crippen molar-refractivity contribution in [2.45, 2.75) is 45.1 Å². The van der Waals surface area contributed by atoms with Crippen LogP contribution < -0.4 is 16.0 Å². The van der Waals surface area contributed by atoms with Gasteiger partial charge in [0.05, 0.1) is 0 Å². The number of imidazole rings is 1. The van der Waals surface area contributed by atoms with E-state index in [-0.39, 0.29) is 17.4 Å². The Morgan fingerprint density at radius 2 is 1.70 bits per heavy atom. The number of aryl methyl sites for hydroxylation is 2. The minimum atomic E-state index is -0.382. The summed E-state index contributed by atoms with van der Waals surface area (Å²) in [6.45, 7) is 2.06. The van der Waals surface area contributed by atoms with Gasteiger partial charge in [-0.2, -0.15) is 4.98 Å². The van der Waals surface area contributed by atoms with Gasteiger partial charge >= 0.3 is 5.69 Å². The predicted octanol–water partition coefficient (Wildman–Crippen LogP) is 1.32. The summed E-state index contributed by atoms with van der Waals surface area (Å²) in [5, 5.41) is 0. The van der Waals surface area contributed by atoms with Crippen molar-refractivity contribution in [3.05, 3.63) is 20.8 Å². The van der Waals surface area contributed by atoms with E-state index in [1.165, 1.54) is 43.7 Å². The summed E-state index contributed by atoms with van der Waals surface area (Å²) >= 11 is 0. The van der Waals surface area contributed by atoms with Gasteiger partial charge in [0.2, 0.25) is 0 Å². The molecule has 2 aromatic heterocycles. The van der Waals surface area contributed by atoms with E-state index in [0.717, 1.165) is 4.57 Å². The van der Waals surface area contributed by atoms with E-state index < -0.39 is 0 Å². The van der Waals surface area contributed by atoms with Crippen LogP contribution in [-0.4, -0.2) is 24.8 Å². The second kappa shape index (κ2) is 5.86. The van der Waals surface area contributed by atoms with Crippen LogP contribution in [0.2, 0.25) is 0 Å². The number of nitrogens with zero attached hydrogens (tertiary/aromatic N) is 4. The Morgan fingerprint density at radius 1 is 1.04 bits per heavy atom. The van der Waals surface area contributed by atoms with Gasteiger partial charge in [0.1, 0.15) is 6.10 Å². The smallest absolute Gasteiger partial charge is 0.332 e. The molecule has 0 spiro atoms. The lowest BCUT2D eigenvalue weighted by molar-refractivity contribution is 0.110. The molecule has 7 nitrogen and oxygen atoms in total. The zero-order valence-electron chi connectivity index (χ0n) is 14.2. The largest absolute Gasteiger partial charge is 0.461 e. The molecule has 1 aliphatic carbocycles. The molecule has 0 unspecified atom stereocenters. The molecule has 0 radical (unpaired) electrons. The molecular formula is C16H24N4O3. The Hall–Kier alpha value is -2.05. The first kappa shape index (κ1) is 15.8. The van der Waals surface area contributed by atoms with Crippen LogP contribution in [0.1, 0.15) is 39.0 Å². The van der Waals surface area contributed by atoms with Crippen LogP contribution in [0.4, 0.5) is 0 Å². The molecular weight excluding hydrogens is 296 g/mol. The quantitative estimate of drug-likeness (QED) is 0.855. The van der Waals surface area contributed by atoms with Crippen molar-refractivity contribution >= 4 is 11.2 Å². The first-order valence-corrected chi connectivity index (χ1v) is 8.21. The van der Waals surface area contributed by atoms with Crippen molar-refractivity contribution in [3.8, 4) is 6.01 Å². The van der Waals surface area contributed by atoms with E-state index in [2.05, 4.69) is 11.9 Å². The highest BCUT2D eigenvalue weighted by Gasteiger charge is 2.24. The van der Waals surface area contributed by atoms with Crippen LogP contribution in [0.5, 0.6) is 6.01 Å². The van der Waals surface area contributed by atoms with Crippen LogP contribution in [0.25, 0.3) is 11.2 Å². The molecule has 1 aliphatic rings. The lowest BCUT2D eigenvalue weighted by Crippen LogP contribution is -2.37. The third-order valence-electron chi connectivity index (χ3n) is 5.04. The van der Waals surface area contributed by atoms with Crippen molar-refractivity contribution in [3.63, 3.8) is 0 Å². The number of rotatable bonds is 3. The molecule has 2 heterocycles. The Balaban J connectivity index is 2.01. The van der Waals surface area contributed by atoms with E-state index >= 15 is 0 Å². The second-order valence-corrected chi connectivity index (χ2v) is 6.55. The summed E-state index contributed by atoms with van der Waals surface area (Å²) in [6.07, 6.45) is 6.18. The van der Waals surface area contributed by atoms with Crippen molar-refractivity contribution < 1.29 is 4.74 Å². The van der Waals surface area contributed by atoms with Crippen molar-refractivity contribution in [1.82, 2.24) is 18.7 Å². The maximum Gasteiger partial charge on any atom is 0.332 e. The summed E-state index contributed by atoms with van der Waals surface area (Å²) < 4.78 is 10.2. The van der Waals surface area contributed by atoms with Crippen molar-refractivity contribution in [2.75, 3.05) is 0 Å². The van der Waals surface area contributed by atoms with Gasteiger partial charge in [-0.05, 0) is 25.7 Å². The molecule has 0 aliphatic heterocycles. The Morgan fingerprint density at radius 3 is 2.35 bits per heavy atom. The zero-order valence-corrected chi connectivity index (χ0v) is 14.2. The van der Waals surface area contributed by atoms with Crippen LogP contribution in [0, 0.1) is 5.92 Å². The maximum atomic E-state index is 12.4. The van der Waals surface area contributed by atoms with Crippen molar-refractivity contribution in [1.29, 1.82) is 0 Å². The Kier molecular flexibility index (Phi) is 4.04. The molecule has 1 saturated carbocycles. The molecule has 3 rings (SSSR count). The topological polar surface area (TPSA) is 71.1 Å². The fourth-order valence-corrected chi connectivity index (χ4v) is 3.47. The minimum Gasteiger partial charge on any atom is -0.461 e. The maximum absolute atomic E-state index is 12.4. The van der Waals surface area contributed by atoms with E-state index in [9.17, 15) is 9.59 Å². The Bertz CT molecular complexity index is 840. The van der Waals surface area contributed by atoms with Crippen LogP contribution >= 0.6 is 0 Å². The molecule has 0 saturated heterocycles. The number of hydrogen-bond acceptors (Lipinski definition) is 4. The normalized spacial score (nSPS) is 17.6. The molecule has 0 amide bonds. The van der Waals surface area contributed by atoms with Crippen molar-refractivity contribution in [2.24, 2.45) is 27.1 Å². The average molecular weight is 320 g/mol. The molecule has 126 valence electrons. The molecule has 23 heavy (non-hydrogen) atoms. The number of fused-ring (bicyclic) bond motifs is 1. The second-order valence-electron chi connectivity index (χ2n) is 6.55. The standard InChI is InChI=1S/C16H24N4O3/c1-10(11-8-6-5-7-9-11)23-15-17-13-12(18(15)2)14(21)20(4)16(22)19(13)3/h10-11H,5-9H2,1-4H3/t10-/m0/s1. The van der Waals surface area contributed by atoms with Gasteiger partial charge in [0.25, 0.3) is 11.6 Å². The monoisotopic (exact) mass is 320 g/mol. The summed E-state index contributed by atoms with van der Waals surface area (Å²) in [4.78, 5) is 28.8. The van der Waals surface area contributed by atoms with Gasteiger partial charge < -0.3 is 4.74 Å². The predicted molar refractivity (Wildman–Crippen MR) is 87.9 cm³/mol. The van der Waals surface area contributed by atoms with Gasteiger partial charge in [0.15, 0.2) is 11.2 Å². The zero-order chi connectivity index (χ0) is 16.7. The summed E-state index contributed by atoms with van der Waals surface area (Å²) in [7, 11) is 4.85. The SMILES string of the molecule is C[C@H](Oc1nc2c(c(=O)n(C)c(=O)n2C)n1C)C1CCCCC1. The lowest BCUT2D eigenvalue weighted by Gasteiger charge is -2.27. The summed E-state index contributed by atoms with van der Waals surface area (Å²) in [6, 6.07) is 0.399. The van der Waals surface area contributed by atoms with E-state index in [1.54, 1.807) is 18.7 Å². The van der Waals surface area contributed by atoms with Crippen LogP contribution in [0.15, 0.2) is 9.59 Å². The van der Waals surface area contributed by atoms with Crippen LogP contribution in [0.3, 0.4) is 0 Å². The first-order chi connectivity index (χ1) is 10.9. The molecule has 2 aromatic rings. The number of ether oxygens (including phenoxy) is 1. The summed E-state index contributed by atoms with van der Waals surface area (Å²) in [5.41, 5.74) is 0.0256. The highest BCUT2D eigenvalue weighted by molar-refractivity contribution is 5.71. The highest BCUT2D eigenvalue weighted by Crippen LogP contribution is 2.29. The fraction of sp³-hybridized carbons (Fsp3) is 0.688. The van der Waals surface area contributed by atoms with Gasteiger partial charge in [-0.3, -0.25) is 18.5 Å². The van der Waals surface area contributed by atoms with Crippen LogP contribution in [-0.2, 0) is 21.1 Å².